The van der Waals surface area contributed by atoms with Crippen molar-refractivity contribution in [1.29, 1.82) is 0 Å². The molecule has 0 saturated carbocycles. The van der Waals surface area contributed by atoms with Gasteiger partial charge in [0.05, 0.1) is 6.04 Å². The van der Waals surface area contributed by atoms with Crippen molar-refractivity contribution in [3.63, 3.8) is 0 Å². The SMILES string of the molecule is CC(C(=O)NCc1ccccc1Cl)N(C)CC(O)C(F)(F)F. The molecule has 4 nitrogen and oxygen atoms in total. The molecule has 0 saturated heterocycles. The van der Waals surface area contributed by atoms with E-state index in [4.69, 9.17) is 16.7 Å². The van der Waals surface area contributed by atoms with Crippen molar-refractivity contribution in [3.05, 3.63) is 34.9 Å². The van der Waals surface area contributed by atoms with Gasteiger partial charge >= 0.3 is 6.18 Å². The van der Waals surface area contributed by atoms with Crippen molar-refractivity contribution in [1.82, 2.24) is 10.2 Å². The maximum atomic E-state index is 12.3. The van der Waals surface area contributed by atoms with Crippen LogP contribution < -0.4 is 5.32 Å². The zero-order valence-electron chi connectivity index (χ0n) is 12.2. The molecule has 0 fully saturated rings. The first kappa shape index (κ1) is 18.7. The van der Waals surface area contributed by atoms with Crippen LogP contribution >= 0.6 is 11.6 Å². The van der Waals surface area contributed by atoms with Gasteiger partial charge < -0.3 is 10.4 Å². The number of alkyl halides is 3. The van der Waals surface area contributed by atoms with Gasteiger partial charge in [0.15, 0.2) is 6.10 Å². The molecule has 2 unspecified atom stereocenters. The second kappa shape index (κ2) is 7.80. The predicted octanol–water partition coefficient (Wildman–Crippen LogP) is 2.20. The van der Waals surface area contributed by atoms with Gasteiger partial charge in [-0.3, -0.25) is 9.69 Å². The van der Waals surface area contributed by atoms with Crippen LogP contribution in [-0.2, 0) is 11.3 Å². The van der Waals surface area contributed by atoms with Crippen LogP contribution in [0.4, 0.5) is 13.2 Å². The summed E-state index contributed by atoms with van der Waals surface area (Å²) in [6, 6.07) is 6.12. The highest BCUT2D eigenvalue weighted by molar-refractivity contribution is 6.31. The second-order valence-electron chi connectivity index (χ2n) is 4.98. The molecule has 0 aromatic heterocycles. The highest BCUT2D eigenvalue weighted by atomic mass is 35.5. The Morgan fingerprint density at radius 3 is 2.55 bits per heavy atom. The van der Waals surface area contributed by atoms with E-state index in [2.05, 4.69) is 5.32 Å². The van der Waals surface area contributed by atoms with E-state index in [9.17, 15) is 18.0 Å². The number of likely N-dealkylation sites (N-methyl/N-ethyl adjacent to an activating group) is 1. The van der Waals surface area contributed by atoms with Crippen LogP contribution in [0.5, 0.6) is 0 Å². The summed E-state index contributed by atoms with van der Waals surface area (Å²) in [7, 11) is 1.34. The topological polar surface area (TPSA) is 52.6 Å². The highest BCUT2D eigenvalue weighted by Gasteiger charge is 2.39. The van der Waals surface area contributed by atoms with Crippen LogP contribution in [0.25, 0.3) is 0 Å². The summed E-state index contributed by atoms with van der Waals surface area (Å²) in [5, 5.41) is 12.1. The lowest BCUT2D eigenvalue weighted by atomic mass is 10.2. The lowest BCUT2D eigenvalue weighted by Gasteiger charge is -2.27. The Kier molecular flexibility index (Phi) is 6.65. The van der Waals surface area contributed by atoms with E-state index < -0.39 is 30.8 Å². The van der Waals surface area contributed by atoms with Crippen LogP contribution in [0.3, 0.4) is 0 Å². The fourth-order valence-electron chi connectivity index (χ4n) is 1.71. The first-order valence-corrected chi connectivity index (χ1v) is 6.97. The van der Waals surface area contributed by atoms with Crippen molar-refractivity contribution in [2.24, 2.45) is 0 Å². The number of nitrogens with zero attached hydrogens (tertiary/aromatic N) is 1. The van der Waals surface area contributed by atoms with Crippen molar-refractivity contribution < 1.29 is 23.1 Å². The third-order valence-corrected chi connectivity index (χ3v) is 3.66. The Balaban J connectivity index is 2.53. The number of hydrogen-bond donors (Lipinski definition) is 2. The number of aliphatic hydroxyl groups is 1. The average molecular weight is 339 g/mol. The summed E-state index contributed by atoms with van der Waals surface area (Å²) in [5.41, 5.74) is 0.711. The Morgan fingerprint density at radius 1 is 1.41 bits per heavy atom. The summed E-state index contributed by atoms with van der Waals surface area (Å²) < 4.78 is 36.9. The van der Waals surface area contributed by atoms with Crippen LogP contribution in [-0.4, -0.2) is 47.8 Å². The molecule has 2 atom stereocenters. The van der Waals surface area contributed by atoms with Crippen molar-refractivity contribution in [3.8, 4) is 0 Å². The number of carbonyl (C=O) groups excluding carboxylic acids is 1. The molecule has 0 radical (unpaired) electrons. The Hall–Kier alpha value is -1.31. The minimum absolute atomic E-state index is 0.179. The van der Waals surface area contributed by atoms with E-state index in [0.717, 1.165) is 4.90 Å². The van der Waals surface area contributed by atoms with E-state index in [0.29, 0.717) is 10.6 Å². The van der Waals surface area contributed by atoms with Gasteiger partial charge in [-0.15, -0.1) is 0 Å². The molecule has 22 heavy (non-hydrogen) atoms. The maximum Gasteiger partial charge on any atom is 0.415 e. The summed E-state index contributed by atoms with van der Waals surface area (Å²) in [6.07, 6.45) is -7.20. The third-order valence-electron chi connectivity index (χ3n) is 3.29. The van der Waals surface area contributed by atoms with Gasteiger partial charge in [0.25, 0.3) is 0 Å². The Bertz CT molecular complexity index is 511. The molecule has 0 aliphatic heterocycles. The molecular weight excluding hydrogens is 321 g/mol. The average Bonchev–Trinajstić information content (AvgIpc) is 2.44. The molecule has 0 aliphatic rings. The number of carbonyl (C=O) groups is 1. The largest absolute Gasteiger partial charge is 0.415 e. The fourth-order valence-corrected chi connectivity index (χ4v) is 1.91. The third kappa shape index (κ3) is 5.47. The monoisotopic (exact) mass is 338 g/mol. The lowest BCUT2D eigenvalue weighted by molar-refractivity contribution is -0.208. The molecule has 0 bridgehead atoms. The summed E-state index contributed by atoms with van der Waals surface area (Å²) in [5.74, 6) is -0.447. The van der Waals surface area contributed by atoms with Crippen LogP contribution in [0.2, 0.25) is 5.02 Å². The Morgan fingerprint density at radius 2 is 2.00 bits per heavy atom. The predicted molar refractivity (Wildman–Crippen MR) is 77.5 cm³/mol. The molecule has 1 aromatic rings. The molecular formula is C14H18ClF3N2O2. The van der Waals surface area contributed by atoms with Gasteiger partial charge in [0, 0.05) is 18.1 Å². The number of nitrogens with one attached hydrogen (secondary N) is 1. The number of hydrogen-bond acceptors (Lipinski definition) is 3. The fraction of sp³-hybridized carbons (Fsp3) is 0.500. The molecule has 1 amide bonds. The number of halogens is 4. The standard InChI is InChI=1S/C14H18ClF3N2O2/c1-9(20(2)8-12(21)14(16,17)18)13(22)19-7-10-5-3-4-6-11(10)15/h3-6,9,12,21H,7-8H2,1-2H3,(H,19,22). The summed E-state index contributed by atoms with van der Waals surface area (Å²) >= 11 is 5.95. The zero-order valence-corrected chi connectivity index (χ0v) is 12.9. The molecule has 0 spiro atoms. The van der Waals surface area contributed by atoms with Crippen molar-refractivity contribution in [2.75, 3.05) is 13.6 Å². The molecule has 1 rings (SSSR count). The van der Waals surface area contributed by atoms with Crippen LogP contribution in [0.15, 0.2) is 24.3 Å². The van der Waals surface area contributed by atoms with Gasteiger partial charge in [-0.25, -0.2) is 0 Å². The smallest absolute Gasteiger partial charge is 0.382 e. The van der Waals surface area contributed by atoms with Crippen molar-refractivity contribution in [2.45, 2.75) is 31.8 Å². The molecule has 124 valence electrons. The second-order valence-corrected chi connectivity index (χ2v) is 5.39. The summed E-state index contributed by atoms with van der Waals surface area (Å²) in [4.78, 5) is 13.1. The number of benzene rings is 1. The molecule has 1 aromatic carbocycles. The maximum absolute atomic E-state index is 12.3. The first-order valence-electron chi connectivity index (χ1n) is 6.59. The lowest BCUT2D eigenvalue weighted by Crippen LogP contribution is -2.48. The minimum atomic E-state index is -4.71. The van der Waals surface area contributed by atoms with Gasteiger partial charge in [0.1, 0.15) is 0 Å². The zero-order chi connectivity index (χ0) is 16.9. The first-order chi connectivity index (χ1) is 10.1. The highest BCUT2D eigenvalue weighted by Crippen LogP contribution is 2.21. The van der Waals surface area contributed by atoms with E-state index in [1.165, 1.54) is 14.0 Å². The van der Waals surface area contributed by atoms with E-state index >= 15 is 0 Å². The van der Waals surface area contributed by atoms with E-state index in [1.54, 1.807) is 24.3 Å². The quantitative estimate of drug-likeness (QED) is 0.836. The van der Waals surface area contributed by atoms with Gasteiger partial charge in [-0.1, -0.05) is 29.8 Å². The van der Waals surface area contributed by atoms with E-state index in [-0.39, 0.29) is 6.54 Å². The molecule has 8 heteroatoms. The molecule has 0 aliphatic carbocycles. The van der Waals surface area contributed by atoms with Crippen molar-refractivity contribution >= 4 is 17.5 Å². The minimum Gasteiger partial charge on any atom is -0.382 e. The van der Waals surface area contributed by atoms with Crippen LogP contribution in [0.1, 0.15) is 12.5 Å². The van der Waals surface area contributed by atoms with E-state index in [1.807, 2.05) is 0 Å². The summed E-state index contributed by atoms with van der Waals surface area (Å²) in [6.45, 7) is 0.966. The van der Waals surface area contributed by atoms with Gasteiger partial charge in [-0.2, -0.15) is 13.2 Å². The number of aliphatic hydroxyl groups excluding tert-OH is 1. The number of amides is 1. The number of rotatable bonds is 6. The Labute approximate surface area is 131 Å². The molecule has 2 N–H and O–H groups in total. The normalized spacial score (nSPS) is 14.7. The van der Waals surface area contributed by atoms with Gasteiger partial charge in [-0.05, 0) is 25.6 Å². The molecule has 0 heterocycles. The van der Waals surface area contributed by atoms with Gasteiger partial charge in [0.2, 0.25) is 5.91 Å². The van der Waals surface area contributed by atoms with Crippen LogP contribution in [0, 0.1) is 0 Å².